The van der Waals surface area contributed by atoms with Crippen molar-refractivity contribution in [1.82, 2.24) is 10.3 Å². The molecule has 1 aromatic heterocycles. The predicted octanol–water partition coefficient (Wildman–Crippen LogP) is 5.31. The lowest BCUT2D eigenvalue weighted by atomic mass is 9.88. The molecule has 2 N–H and O–H groups in total. The van der Waals surface area contributed by atoms with Gasteiger partial charge in [0, 0.05) is 42.9 Å². The van der Waals surface area contributed by atoms with Crippen LogP contribution >= 0.6 is 15.9 Å². The first-order valence-electron chi connectivity index (χ1n) is 9.84. The minimum atomic E-state index is -0.0165. The molecule has 4 nitrogen and oxygen atoms in total. The topological polar surface area (TPSA) is 46.2 Å². The number of pyridine rings is 1. The van der Waals surface area contributed by atoms with Crippen molar-refractivity contribution >= 4 is 32.5 Å². The maximum atomic E-state index is 5.67. The first-order chi connectivity index (χ1) is 13.7. The maximum Gasteiger partial charge on any atom is 0.0723 e. The second kappa shape index (κ2) is 8.60. The van der Waals surface area contributed by atoms with Crippen molar-refractivity contribution in [2.75, 3.05) is 25.1 Å². The number of anilines is 1. The molecule has 0 bridgehead atoms. The molecular weight excluding hydrogens is 414 g/mol. The zero-order valence-corrected chi connectivity index (χ0v) is 17.7. The summed E-state index contributed by atoms with van der Waals surface area (Å²) in [6.07, 6.45) is 3.84. The first kappa shape index (κ1) is 19.4. The number of hydrogen-bond acceptors (Lipinski definition) is 4. The number of para-hydroxylation sites is 1. The number of benzene rings is 2. The number of aromatic nitrogens is 1. The fourth-order valence-corrected chi connectivity index (χ4v) is 4.43. The quantitative estimate of drug-likeness (QED) is 0.546. The summed E-state index contributed by atoms with van der Waals surface area (Å²) in [5.41, 5.74) is 3.39. The highest BCUT2D eigenvalue weighted by molar-refractivity contribution is 9.10. The molecule has 0 amide bonds. The normalized spacial score (nSPS) is 17.4. The van der Waals surface area contributed by atoms with Gasteiger partial charge in [0.1, 0.15) is 0 Å². The lowest BCUT2D eigenvalue weighted by Gasteiger charge is -2.41. The Bertz CT molecular complexity index is 926. The molecule has 1 aliphatic heterocycles. The van der Waals surface area contributed by atoms with Crippen LogP contribution in [0, 0.1) is 0 Å². The molecule has 1 aliphatic rings. The molecule has 2 aromatic carbocycles. The summed E-state index contributed by atoms with van der Waals surface area (Å²) in [5, 5.41) is 8.77. The van der Waals surface area contributed by atoms with E-state index >= 15 is 0 Å². The van der Waals surface area contributed by atoms with Crippen LogP contribution in [0.1, 0.15) is 31.4 Å². The fraction of sp³-hybridized carbons (Fsp3) is 0.348. The van der Waals surface area contributed by atoms with Gasteiger partial charge in [-0.2, -0.15) is 0 Å². The van der Waals surface area contributed by atoms with Crippen molar-refractivity contribution in [2.45, 2.75) is 31.3 Å². The van der Waals surface area contributed by atoms with Crippen LogP contribution in [0.2, 0.25) is 0 Å². The summed E-state index contributed by atoms with van der Waals surface area (Å²) in [6.45, 7) is 4.65. The van der Waals surface area contributed by atoms with Crippen LogP contribution in [0.25, 0.3) is 10.9 Å². The molecule has 28 heavy (non-hydrogen) atoms. The zero-order valence-electron chi connectivity index (χ0n) is 16.1. The van der Waals surface area contributed by atoms with Gasteiger partial charge in [0.15, 0.2) is 0 Å². The van der Waals surface area contributed by atoms with E-state index < -0.39 is 0 Å². The number of halogens is 1. The SMILES string of the molecule is CC(NC1(CNc2c(Br)cnc3ccccc23)CCOCC1)c1ccccc1. The summed E-state index contributed by atoms with van der Waals surface area (Å²) < 4.78 is 6.66. The van der Waals surface area contributed by atoms with Gasteiger partial charge in [0.05, 0.1) is 15.7 Å². The highest BCUT2D eigenvalue weighted by atomic mass is 79.9. The lowest BCUT2D eigenvalue weighted by Crippen LogP contribution is -2.54. The van der Waals surface area contributed by atoms with E-state index in [4.69, 9.17) is 4.74 Å². The molecule has 0 aliphatic carbocycles. The Morgan fingerprint density at radius 3 is 2.57 bits per heavy atom. The van der Waals surface area contributed by atoms with Gasteiger partial charge in [-0.05, 0) is 47.3 Å². The van der Waals surface area contributed by atoms with Gasteiger partial charge in [-0.1, -0.05) is 48.5 Å². The van der Waals surface area contributed by atoms with Crippen LogP contribution < -0.4 is 10.6 Å². The number of nitrogens with zero attached hydrogens (tertiary/aromatic N) is 1. The van der Waals surface area contributed by atoms with Crippen LogP contribution in [0.3, 0.4) is 0 Å². The van der Waals surface area contributed by atoms with E-state index in [0.717, 1.165) is 53.7 Å². The second-order valence-electron chi connectivity index (χ2n) is 7.52. The summed E-state index contributed by atoms with van der Waals surface area (Å²) in [7, 11) is 0. The molecule has 5 heteroatoms. The molecule has 1 atom stereocenters. The monoisotopic (exact) mass is 439 g/mol. The molecule has 0 saturated carbocycles. The molecule has 1 saturated heterocycles. The van der Waals surface area contributed by atoms with Crippen LogP contribution in [0.5, 0.6) is 0 Å². The fourth-order valence-electron chi connectivity index (χ4n) is 3.97. The minimum absolute atomic E-state index is 0.0165. The average Bonchev–Trinajstić information content (AvgIpc) is 2.74. The number of hydrogen-bond donors (Lipinski definition) is 2. The third-order valence-electron chi connectivity index (χ3n) is 5.60. The molecule has 0 spiro atoms. The van der Waals surface area contributed by atoms with E-state index in [0.29, 0.717) is 0 Å². The van der Waals surface area contributed by atoms with Crippen LogP contribution in [0.4, 0.5) is 5.69 Å². The Hall–Kier alpha value is -1.95. The standard InChI is InChI=1S/C23H26BrN3O/c1-17(18-7-3-2-4-8-18)27-23(11-13-28-14-12-23)16-26-22-19-9-5-6-10-21(19)25-15-20(22)24/h2-10,15,17,27H,11-14,16H2,1H3,(H,25,26). The third kappa shape index (κ3) is 4.22. The Kier molecular flexibility index (Phi) is 5.95. The van der Waals surface area contributed by atoms with Crippen LogP contribution in [-0.2, 0) is 4.74 Å². The van der Waals surface area contributed by atoms with Crippen molar-refractivity contribution in [1.29, 1.82) is 0 Å². The van der Waals surface area contributed by atoms with E-state index in [1.165, 1.54) is 5.56 Å². The smallest absolute Gasteiger partial charge is 0.0723 e. The van der Waals surface area contributed by atoms with E-state index in [1.807, 2.05) is 18.3 Å². The third-order valence-corrected chi connectivity index (χ3v) is 6.21. The van der Waals surface area contributed by atoms with Crippen LogP contribution in [-0.4, -0.2) is 30.3 Å². The highest BCUT2D eigenvalue weighted by Crippen LogP contribution is 2.32. The van der Waals surface area contributed by atoms with Gasteiger partial charge in [0.2, 0.25) is 0 Å². The molecule has 3 aromatic rings. The Balaban J connectivity index is 1.57. The van der Waals surface area contributed by atoms with Gasteiger partial charge < -0.3 is 15.4 Å². The Morgan fingerprint density at radius 2 is 1.79 bits per heavy atom. The highest BCUT2D eigenvalue weighted by Gasteiger charge is 2.34. The first-order valence-corrected chi connectivity index (χ1v) is 10.6. The summed E-state index contributed by atoms with van der Waals surface area (Å²) in [4.78, 5) is 4.52. The van der Waals surface area contributed by atoms with Gasteiger partial charge in [-0.15, -0.1) is 0 Å². The predicted molar refractivity (Wildman–Crippen MR) is 119 cm³/mol. The van der Waals surface area contributed by atoms with Crippen molar-refractivity contribution < 1.29 is 4.74 Å². The molecule has 1 fully saturated rings. The maximum absolute atomic E-state index is 5.67. The number of fused-ring (bicyclic) bond motifs is 1. The molecule has 146 valence electrons. The van der Waals surface area contributed by atoms with Gasteiger partial charge >= 0.3 is 0 Å². The zero-order chi connectivity index (χ0) is 19.4. The van der Waals surface area contributed by atoms with E-state index in [2.05, 4.69) is 80.9 Å². The van der Waals surface area contributed by atoms with E-state index in [-0.39, 0.29) is 11.6 Å². The number of ether oxygens (including phenoxy) is 1. The van der Waals surface area contributed by atoms with Gasteiger partial charge in [0.25, 0.3) is 0 Å². The van der Waals surface area contributed by atoms with Crippen molar-refractivity contribution in [3.63, 3.8) is 0 Å². The minimum Gasteiger partial charge on any atom is -0.382 e. The summed E-state index contributed by atoms with van der Waals surface area (Å²) >= 11 is 3.68. The number of nitrogens with one attached hydrogen (secondary N) is 2. The lowest BCUT2D eigenvalue weighted by molar-refractivity contribution is 0.0389. The average molecular weight is 440 g/mol. The molecule has 0 radical (unpaired) electrons. The second-order valence-corrected chi connectivity index (χ2v) is 8.38. The number of rotatable bonds is 6. The molecular formula is C23H26BrN3O. The van der Waals surface area contributed by atoms with Crippen molar-refractivity contribution in [3.8, 4) is 0 Å². The van der Waals surface area contributed by atoms with E-state index in [9.17, 15) is 0 Å². The Labute approximate surface area is 174 Å². The van der Waals surface area contributed by atoms with E-state index in [1.54, 1.807) is 0 Å². The van der Waals surface area contributed by atoms with Gasteiger partial charge in [-0.3, -0.25) is 4.98 Å². The summed E-state index contributed by atoms with van der Waals surface area (Å²) in [6, 6.07) is 19.2. The molecule has 2 heterocycles. The van der Waals surface area contributed by atoms with Gasteiger partial charge in [-0.25, -0.2) is 0 Å². The van der Waals surface area contributed by atoms with Crippen molar-refractivity contribution in [3.05, 3.63) is 70.8 Å². The van der Waals surface area contributed by atoms with Crippen molar-refractivity contribution in [2.24, 2.45) is 0 Å². The van der Waals surface area contributed by atoms with Crippen LogP contribution in [0.15, 0.2) is 65.3 Å². The summed E-state index contributed by atoms with van der Waals surface area (Å²) in [5.74, 6) is 0. The largest absolute Gasteiger partial charge is 0.382 e. The Morgan fingerprint density at radius 1 is 1.07 bits per heavy atom. The molecule has 1 unspecified atom stereocenters. The molecule has 4 rings (SSSR count).